The van der Waals surface area contributed by atoms with Gasteiger partial charge in [0.2, 0.25) is 5.91 Å². The smallest absolute Gasteiger partial charge is 0.236 e. The molecule has 2 aromatic carbocycles. The predicted octanol–water partition coefficient (Wildman–Crippen LogP) is 3.58. The predicted molar refractivity (Wildman–Crippen MR) is 99.6 cm³/mol. The minimum atomic E-state index is -0.215. The molecule has 0 aliphatic carbocycles. The molecule has 0 N–H and O–H groups in total. The molecule has 1 atom stereocenters. The van der Waals surface area contributed by atoms with Crippen molar-refractivity contribution in [1.82, 2.24) is 4.90 Å². The molecule has 1 fully saturated rings. The van der Waals surface area contributed by atoms with Gasteiger partial charge in [0.25, 0.3) is 0 Å². The van der Waals surface area contributed by atoms with Crippen LogP contribution in [0.2, 0.25) is 0 Å². The quantitative estimate of drug-likeness (QED) is 0.822. The van der Waals surface area contributed by atoms with Gasteiger partial charge < -0.3 is 9.80 Å². The summed E-state index contributed by atoms with van der Waals surface area (Å²) in [6.07, 6.45) is 1.77. The second-order valence-electron chi connectivity index (χ2n) is 6.56. The SMILES string of the molecule is O=C(C1Cc2ccccc2S1)N1CCCN(c2ccc(F)cc2)CC1. The van der Waals surface area contributed by atoms with E-state index in [1.54, 1.807) is 11.8 Å². The van der Waals surface area contributed by atoms with Gasteiger partial charge in [0, 0.05) is 36.8 Å². The van der Waals surface area contributed by atoms with Crippen LogP contribution < -0.4 is 4.90 Å². The Labute approximate surface area is 151 Å². The molecule has 0 aromatic heterocycles. The Morgan fingerprint density at radius 3 is 2.60 bits per heavy atom. The average Bonchev–Trinajstić information content (AvgIpc) is 2.92. The van der Waals surface area contributed by atoms with Crippen molar-refractivity contribution in [2.24, 2.45) is 0 Å². The number of fused-ring (bicyclic) bond motifs is 1. The second-order valence-corrected chi connectivity index (χ2v) is 7.81. The molecular weight excluding hydrogens is 335 g/mol. The first-order chi connectivity index (χ1) is 12.2. The first kappa shape index (κ1) is 16.5. The molecule has 0 saturated carbocycles. The van der Waals surface area contributed by atoms with Gasteiger partial charge >= 0.3 is 0 Å². The van der Waals surface area contributed by atoms with E-state index in [0.29, 0.717) is 0 Å². The fraction of sp³-hybridized carbons (Fsp3) is 0.350. The van der Waals surface area contributed by atoms with E-state index in [2.05, 4.69) is 17.0 Å². The number of benzene rings is 2. The highest BCUT2D eigenvalue weighted by molar-refractivity contribution is 8.01. The maximum Gasteiger partial charge on any atom is 0.236 e. The second kappa shape index (κ2) is 7.08. The zero-order chi connectivity index (χ0) is 17.2. The summed E-state index contributed by atoms with van der Waals surface area (Å²) in [6.45, 7) is 3.21. The third kappa shape index (κ3) is 3.52. The largest absolute Gasteiger partial charge is 0.370 e. The molecular formula is C20H21FN2OS. The third-order valence-corrected chi connectivity index (χ3v) is 6.23. The van der Waals surface area contributed by atoms with Gasteiger partial charge in [-0.15, -0.1) is 11.8 Å². The van der Waals surface area contributed by atoms with Crippen molar-refractivity contribution in [1.29, 1.82) is 0 Å². The highest BCUT2D eigenvalue weighted by Crippen LogP contribution is 2.37. The number of rotatable bonds is 2. The molecule has 2 aliphatic heterocycles. The van der Waals surface area contributed by atoms with E-state index in [9.17, 15) is 9.18 Å². The number of anilines is 1. The van der Waals surface area contributed by atoms with Crippen molar-refractivity contribution < 1.29 is 9.18 Å². The van der Waals surface area contributed by atoms with Gasteiger partial charge in [-0.2, -0.15) is 0 Å². The van der Waals surface area contributed by atoms with Crippen LogP contribution in [-0.4, -0.2) is 42.2 Å². The van der Waals surface area contributed by atoms with Gasteiger partial charge in [-0.3, -0.25) is 4.79 Å². The van der Waals surface area contributed by atoms with Crippen molar-refractivity contribution in [3.8, 4) is 0 Å². The highest BCUT2D eigenvalue weighted by Gasteiger charge is 2.32. The normalized spacial score (nSPS) is 20.3. The number of halogens is 1. The Morgan fingerprint density at radius 1 is 1.00 bits per heavy atom. The molecule has 2 aromatic rings. The number of nitrogens with zero attached hydrogens (tertiary/aromatic N) is 2. The number of carbonyl (C=O) groups excluding carboxylic acids is 1. The topological polar surface area (TPSA) is 23.6 Å². The third-order valence-electron chi connectivity index (χ3n) is 4.92. The first-order valence-electron chi connectivity index (χ1n) is 8.74. The molecule has 0 radical (unpaired) electrons. The maximum absolute atomic E-state index is 13.1. The van der Waals surface area contributed by atoms with Crippen molar-refractivity contribution in [3.63, 3.8) is 0 Å². The minimum Gasteiger partial charge on any atom is -0.370 e. The number of thioether (sulfide) groups is 1. The number of amides is 1. The molecule has 2 aliphatic rings. The van der Waals surface area contributed by atoms with Gasteiger partial charge in [0.1, 0.15) is 5.82 Å². The molecule has 4 rings (SSSR count). The van der Waals surface area contributed by atoms with Crippen molar-refractivity contribution in [2.75, 3.05) is 31.1 Å². The van der Waals surface area contributed by atoms with Crippen LogP contribution in [0.1, 0.15) is 12.0 Å². The zero-order valence-corrected chi connectivity index (χ0v) is 14.8. The van der Waals surface area contributed by atoms with Crippen molar-refractivity contribution in [3.05, 3.63) is 59.9 Å². The number of hydrogen-bond donors (Lipinski definition) is 0. The molecule has 1 amide bonds. The summed E-state index contributed by atoms with van der Waals surface area (Å²) in [5.41, 5.74) is 2.31. The Morgan fingerprint density at radius 2 is 1.80 bits per heavy atom. The lowest BCUT2D eigenvalue weighted by Gasteiger charge is -2.25. The van der Waals surface area contributed by atoms with Crippen LogP contribution in [0.4, 0.5) is 10.1 Å². The van der Waals surface area contributed by atoms with Crippen LogP contribution in [0.15, 0.2) is 53.4 Å². The van der Waals surface area contributed by atoms with E-state index in [1.807, 2.05) is 29.2 Å². The van der Waals surface area contributed by atoms with Crippen LogP contribution in [0.3, 0.4) is 0 Å². The Bertz CT molecular complexity index is 740. The molecule has 130 valence electrons. The van der Waals surface area contributed by atoms with Crippen molar-refractivity contribution >= 4 is 23.4 Å². The summed E-state index contributed by atoms with van der Waals surface area (Å²) in [6, 6.07) is 14.9. The van der Waals surface area contributed by atoms with Gasteiger partial charge in [0.15, 0.2) is 0 Å². The Kier molecular flexibility index (Phi) is 4.66. The molecule has 0 bridgehead atoms. The summed E-state index contributed by atoms with van der Waals surface area (Å²) >= 11 is 1.70. The zero-order valence-electron chi connectivity index (χ0n) is 14.0. The van der Waals surface area contributed by atoms with Gasteiger partial charge in [-0.1, -0.05) is 18.2 Å². The van der Waals surface area contributed by atoms with E-state index in [4.69, 9.17) is 0 Å². The summed E-state index contributed by atoms with van der Waals surface area (Å²) in [5, 5.41) is 0.00905. The van der Waals surface area contributed by atoms with Gasteiger partial charge in [-0.25, -0.2) is 4.39 Å². The lowest BCUT2D eigenvalue weighted by molar-refractivity contribution is -0.130. The number of carbonyl (C=O) groups is 1. The van der Waals surface area contributed by atoms with E-state index >= 15 is 0 Å². The Balaban J connectivity index is 1.39. The summed E-state index contributed by atoms with van der Waals surface area (Å²) < 4.78 is 13.1. The fourth-order valence-electron chi connectivity index (χ4n) is 3.57. The molecule has 25 heavy (non-hydrogen) atoms. The molecule has 1 unspecified atom stereocenters. The van der Waals surface area contributed by atoms with E-state index < -0.39 is 0 Å². The standard InChI is InChI=1S/C20H21FN2OS/c21-16-6-8-17(9-7-16)22-10-3-11-23(13-12-22)20(24)19-14-15-4-1-2-5-18(15)25-19/h1-2,4-9,19H,3,10-14H2. The molecule has 2 heterocycles. The van der Waals surface area contributed by atoms with Gasteiger partial charge in [0.05, 0.1) is 5.25 Å². The lowest BCUT2D eigenvalue weighted by atomic mass is 10.1. The summed E-state index contributed by atoms with van der Waals surface area (Å²) in [7, 11) is 0. The lowest BCUT2D eigenvalue weighted by Crippen LogP contribution is -2.40. The molecule has 0 spiro atoms. The molecule has 1 saturated heterocycles. The monoisotopic (exact) mass is 356 g/mol. The van der Waals surface area contributed by atoms with Gasteiger partial charge in [-0.05, 0) is 48.7 Å². The van der Waals surface area contributed by atoms with E-state index in [0.717, 1.165) is 44.7 Å². The first-order valence-corrected chi connectivity index (χ1v) is 9.62. The van der Waals surface area contributed by atoms with Crippen LogP contribution >= 0.6 is 11.8 Å². The van der Waals surface area contributed by atoms with E-state index in [-0.39, 0.29) is 17.0 Å². The maximum atomic E-state index is 13.1. The molecule has 5 heteroatoms. The average molecular weight is 356 g/mol. The minimum absolute atomic E-state index is 0.00905. The summed E-state index contributed by atoms with van der Waals surface area (Å²) in [4.78, 5) is 18.4. The summed E-state index contributed by atoms with van der Waals surface area (Å²) in [5.74, 6) is 0.0374. The highest BCUT2D eigenvalue weighted by atomic mass is 32.2. The Hall–Kier alpha value is -2.01. The van der Waals surface area contributed by atoms with Crippen LogP contribution in [0, 0.1) is 5.82 Å². The fourth-order valence-corrected chi connectivity index (χ4v) is 4.85. The van der Waals surface area contributed by atoms with Crippen molar-refractivity contribution in [2.45, 2.75) is 23.0 Å². The van der Waals surface area contributed by atoms with Crippen LogP contribution in [-0.2, 0) is 11.2 Å². The number of hydrogen-bond acceptors (Lipinski definition) is 3. The van der Waals surface area contributed by atoms with Crippen LogP contribution in [0.25, 0.3) is 0 Å². The van der Waals surface area contributed by atoms with Crippen LogP contribution in [0.5, 0.6) is 0 Å². The van der Waals surface area contributed by atoms with E-state index in [1.165, 1.54) is 22.6 Å². The molecule has 3 nitrogen and oxygen atoms in total.